The molecule has 0 heterocycles. The summed E-state index contributed by atoms with van der Waals surface area (Å²) in [6.45, 7) is 5.71. The molecule has 0 saturated carbocycles. The Bertz CT molecular complexity index is 377. The minimum atomic E-state index is -0.234. The van der Waals surface area contributed by atoms with E-state index in [1.54, 1.807) is 14.0 Å². The fraction of sp³-hybridized carbons (Fsp3) is 0.462. The number of likely N-dealkylation sites (N-methyl/N-ethyl adjacent to an activating group) is 1. The predicted molar refractivity (Wildman–Crippen MR) is 69.4 cm³/mol. The molecular formula is C13H20N2O2. The molecule has 2 N–H and O–H groups in total. The molecule has 0 aromatic heterocycles. The zero-order valence-corrected chi connectivity index (χ0v) is 10.8. The lowest BCUT2D eigenvalue weighted by atomic mass is 10.2. The third kappa shape index (κ3) is 4.07. The number of carbonyl (C=O) groups excluding carboxylic acids is 1. The molecule has 0 aliphatic rings. The van der Waals surface area contributed by atoms with Crippen LogP contribution in [0.15, 0.2) is 24.3 Å². The van der Waals surface area contributed by atoms with E-state index in [9.17, 15) is 4.79 Å². The van der Waals surface area contributed by atoms with Gasteiger partial charge in [0.05, 0.1) is 17.8 Å². The van der Waals surface area contributed by atoms with Gasteiger partial charge in [0.1, 0.15) is 5.75 Å². The summed E-state index contributed by atoms with van der Waals surface area (Å²) in [6.07, 6.45) is 0.0785. The molecule has 0 aliphatic carbocycles. The monoisotopic (exact) mass is 236 g/mol. The summed E-state index contributed by atoms with van der Waals surface area (Å²) in [5.41, 5.74) is 0.702. The van der Waals surface area contributed by atoms with Crippen LogP contribution in [-0.2, 0) is 4.79 Å². The fourth-order valence-corrected chi connectivity index (χ4v) is 1.30. The molecule has 4 heteroatoms. The van der Waals surface area contributed by atoms with Gasteiger partial charge in [-0.1, -0.05) is 12.1 Å². The smallest absolute Gasteiger partial charge is 0.241 e. The summed E-state index contributed by atoms with van der Waals surface area (Å²) in [5, 5.41) is 5.73. The Kier molecular flexibility index (Phi) is 4.97. The van der Waals surface area contributed by atoms with E-state index >= 15 is 0 Å². The van der Waals surface area contributed by atoms with Crippen molar-refractivity contribution in [3.63, 3.8) is 0 Å². The second-order valence-electron chi connectivity index (χ2n) is 4.16. The first kappa shape index (κ1) is 13.5. The lowest BCUT2D eigenvalue weighted by Gasteiger charge is -2.16. The van der Waals surface area contributed by atoms with Gasteiger partial charge in [0.2, 0.25) is 5.91 Å². The zero-order valence-electron chi connectivity index (χ0n) is 10.8. The van der Waals surface area contributed by atoms with E-state index in [4.69, 9.17) is 4.74 Å². The number of para-hydroxylation sites is 2. The van der Waals surface area contributed by atoms with E-state index in [1.165, 1.54) is 0 Å². The summed E-state index contributed by atoms with van der Waals surface area (Å²) < 4.78 is 5.62. The summed E-state index contributed by atoms with van der Waals surface area (Å²) >= 11 is 0. The number of benzene rings is 1. The number of hydrogen-bond acceptors (Lipinski definition) is 3. The zero-order chi connectivity index (χ0) is 12.8. The number of carbonyl (C=O) groups is 1. The largest absolute Gasteiger partial charge is 0.489 e. The minimum absolute atomic E-state index is 0.0766. The molecule has 1 atom stereocenters. The quantitative estimate of drug-likeness (QED) is 0.822. The highest BCUT2D eigenvalue weighted by Crippen LogP contribution is 2.24. The Morgan fingerprint density at radius 3 is 2.47 bits per heavy atom. The highest BCUT2D eigenvalue weighted by atomic mass is 16.5. The van der Waals surface area contributed by atoms with E-state index < -0.39 is 0 Å². The summed E-state index contributed by atoms with van der Waals surface area (Å²) in [6, 6.07) is 7.20. The van der Waals surface area contributed by atoms with Gasteiger partial charge < -0.3 is 15.4 Å². The van der Waals surface area contributed by atoms with Gasteiger partial charge in [-0.2, -0.15) is 0 Å². The normalized spacial score (nSPS) is 12.3. The number of amides is 1. The first-order valence-electron chi connectivity index (χ1n) is 5.78. The number of hydrogen-bond donors (Lipinski definition) is 2. The van der Waals surface area contributed by atoms with Crippen LogP contribution in [0.3, 0.4) is 0 Å². The minimum Gasteiger partial charge on any atom is -0.489 e. The van der Waals surface area contributed by atoms with E-state index in [-0.39, 0.29) is 18.1 Å². The number of ether oxygens (including phenoxy) is 1. The number of nitrogens with one attached hydrogen (secondary N) is 2. The van der Waals surface area contributed by atoms with Gasteiger partial charge >= 0.3 is 0 Å². The molecule has 0 saturated heterocycles. The van der Waals surface area contributed by atoms with Crippen LogP contribution in [0.1, 0.15) is 20.8 Å². The maximum atomic E-state index is 11.8. The van der Waals surface area contributed by atoms with E-state index in [0.29, 0.717) is 11.4 Å². The molecule has 17 heavy (non-hydrogen) atoms. The van der Waals surface area contributed by atoms with Crippen molar-refractivity contribution in [3.05, 3.63) is 24.3 Å². The highest BCUT2D eigenvalue weighted by molar-refractivity contribution is 5.95. The van der Waals surface area contributed by atoms with Crippen molar-refractivity contribution in [1.29, 1.82) is 0 Å². The molecule has 1 aromatic rings. The predicted octanol–water partition coefficient (Wildman–Crippen LogP) is 2.02. The van der Waals surface area contributed by atoms with Crippen LogP contribution in [-0.4, -0.2) is 25.1 Å². The number of anilines is 1. The van der Waals surface area contributed by atoms with Gasteiger partial charge in [0.25, 0.3) is 0 Å². The third-order valence-electron chi connectivity index (χ3n) is 2.33. The Balaban J connectivity index is 2.79. The van der Waals surface area contributed by atoms with Crippen LogP contribution in [0.4, 0.5) is 5.69 Å². The molecule has 0 radical (unpaired) electrons. The Morgan fingerprint density at radius 1 is 1.24 bits per heavy atom. The molecular weight excluding hydrogens is 216 g/mol. The van der Waals surface area contributed by atoms with Crippen LogP contribution >= 0.6 is 0 Å². The van der Waals surface area contributed by atoms with E-state index in [2.05, 4.69) is 10.6 Å². The van der Waals surface area contributed by atoms with Crippen molar-refractivity contribution in [2.45, 2.75) is 32.9 Å². The van der Waals surface area contributed by atoms with Crippen molar-refractivity contribution in [3.8, 4) is 5.75 Å². The molecule has 4 nitrogen and oxygen atoms in total. The van der Waals surface area contributed by atoms with Gasteiger partial charge in [-0.25, -0.2) is 0 Å². The second-order valence-corrected chi connectivity index (χ2v) is 4.16. The first-order chi connectivity index (χ1) is 8.04. The third-order valence-corrected chi connectivity index (χ3v) is 2.33. The van der Waals surface area contributed by atoms with Crippen LogP contribution in [0.25, 0.3) is 0 Å². The molecule has 0 fully saturated rings. The van der Waals surface area contributed by atoms with Gasteiger partial charge in [-0.15, -0.1) is 0 Å². The molecule has 1 aromatic carbocycles. The van der Waals surface area contributed by atoms with Crippen LogP contribution in [0.2, 0.25) is 0 Å². The Hall–Kier alpha value is -1.55. The summed E-state index contributed by atoms with van der Waals surface area (Å²) in [4.78, 5) is 11.8. The molecule has 0 bridgehead atoms. The van der Waals surface area contributed by atoms with Crippen molar-refractivity contribution in [2.24, 2.45) is 0 Å². The lowest BCUT2D eigenvalue weighted by Crippen LogP contribution is -2.35. The maximum absolute atomic E-state index is 11.8. The van der Waals surface area contributed by atoms with Crippen molar-refractivity contribution >= 4 is 11.6 Å². The fourth-order valence-electron chi connectivity index (χ4n) is 1.30. The molecule has 94 valence electrons. The van der Waals surface area contributed by atoms with Gasteiger partial charge in [0.15, 0.2) is 0 Å². The SMILES string of the molecule is CNC(C)C(=O)Nc1ccccc1OC(C)C. The van der Waals surface area contributed by atoms with Crippen molar-refractivity contribution in [2.75, 3.05) is 12.4 Å². The Morgan fingerprint density at radius 2 is 1.88 bits per heavy atom. The van der Waals surface area contributed by atoms with Gasteiger partial charge in [-0.05, 0) is 40.0 Å². The van der Waals surface area contributed by atoms with Crippen LogP contribution < -0.4 is 15.4 Å². The standard InChI is InChI=1S/C13H20N2O2/c1-9(2)17-12-8-6-5-7-11(12)15-13(16)10(3)14-4/h5-10,14H,1-4H3,(H,15,16). The molecule has 1 unspecified atom stereocenters. The number of rotatable bonds is 5. The van der Waals surface area contributed by atoms with Crippen LogP contribution in [0, 0.1) is 0 Å². The van der Waals surface area contributed by atoms with E-state index in [0.717, 1.165) is 0 Å². The van der Waals surface area contributed by atoms with Crippen molar-refractivity contribution in [1.82, 2.24) is 5.32 Å². The van der Waals surface area contributed by atoms with Gasteiger partial charge in [-0.3, -0.25) is 4.79 Å². The molecule has 0 spiro atoms. The second kappa shape index (κ2) is 6.25. The first-order valence-corrected chi connectivity index (χ1v) is 5.78. The highest BCUT2D eigenvalue weighted by Gasteiger charge is 2.13. The van der Waals surface area contributed by atoms with E-state index in [1.807, 2.05) is 38.1 Å². The molecule has 1 rings (SSSR count). The lowest BCUT2D eigenvalue weighted by molar-refractivity contribution is -0.117. The summed E-state index contributed by atoms with van der Waals surface area (Å²) in [7, 11) is 1.75. The molecule has 0 aliphatic heterocycles. The topological polar surface area (TPSA) is 50.4 Å². The summed E-state index contributed by atoms with van der Waals surface area (Å²) in [5.74, 6) is 0.617. The molecule has 1 amide bonds. The van der Waals surface area contributed by atoms with Gasteiger partial charge in [0, 0.05) is 0 Å². The maximum Gasteiger partial charge on any atom is 0.241 e. The van der Waals surface area contributed by atoms with Crippen molar-refractivity contribution < 1.29 is 9.53 Å². The average molecular weight is 236 g/mol. The average Bonchev–Trinajstić information content (AvgIpc) is 2.29. The Labute approximate surface area is 102 Å². The van der Waals surface area contributed by atoms with Crippen LogP contribution in [0.5, 0.6) is 5.75 Å².